The Morgan fingerprint density at radius 2 is 2.13 bits per heavy atom. The predicted octanol–water partition coefficient (Wildman–Crippen LogP) is 2.35. The Morgan fingerprint density at radius 1 is 1.47 bits per heavy atom. The molecule has 0 saturated carbocycles. The van der Waals surface area contributed by atoms with Crippen molar-refractivity contribution in [2.75, 3.05) is 5.32 Å². The van der Waals surface area contributed by atoms with Crippen LogP contribution in [0.4, 0.5) is 10.1 Å². The van der Waals surface area contributed by atoms with Crippen LogP contribution in [0.15, 0.2) is 24.3 Å². The van der Waals surface area contributed by atoms with Gasteiger partial charge in [0.2, 0.25) is 0 Å². The number of carbonyl (C=O) groups is 1. The van der Waals surface area contributed by atoms with Gasteiger partial charge in [-0.05, 0) is 24.1 Å². The average Bonchev–Trinajstić information content (AvgIpc) is 2.13. The quantitative estimate of drug-likeness (QED) is 0.803. The number of benzene rings is 1. The second kappa shape index (κ2) is 4.77. The lowest BCUT2D eigenvalue weighted by Gasteiger charge is -2.18. The van der Waals surface area contributed by atoms with E-state index in [1.165, 1.54) is 18.2 Å². The molecule has 1 aromatic carbocycles. The van der Waals surface area contributed by atoms with Crippen molar-refractivity contribution in [3.8, 4) is 0 Å². The molecule has 0 radical (unpaired) electrons. The van der Waals surface area contributed by atoms with Crippen molar-refractivity contribution >= 4 is 11.7 Å². The Hall–Kier alpha value is -1.58. The molecule has 0 aliphatic heterocycles. The molecular formula is C11H14FNO2. The highest BCUT2D eigenvalue weighted by atomic mass is 19.1. The van der Waals surface area contributed by atoms with Crippen LogP contribution in [-0.2, 0) is 4.79 Å². The van der Waals surface area contributed by atoms with Gasteiger partial charge >= 0.3 is 5.97 Å². The molecule has 0 aromatic heterocycles. The van der Waals surface area contributed by atoms with Crippen LogP contribution >= 0.6 is 0 Å². The molecule has 0 spiro atoms. The Bertz CT molecular complexity index is 352. The number of anilines is 1. The molecule has 0 fully saturated rings. The first kappa shape index (κ1) is 11.5. The minimum absolute atomic E-state index is 0.0641. The third-order valence-electron chi connectivity index (χ3n) is 2.08. The summed E-state index contributed by atoms with van der Waals surface area (Å²) in [6.45, 7) is 3.59. The van der Waals surface area contributed by atoms with Crippen molar-refractivity contribution in [2.45, 2.75) is 19.9 Å². The van der Waals surface area contributed by atoms with E-state index in [1.54, 1.807) is 19.9 Å². The van der Waals surface area contributed by atoms with Crippen molar-refractivity contribution in [3.63, 3.8) is 0 Å². The monoisotopic (exact) mass is 211 g/mol. The number of halogens is 1. The minimum atomic E-state index is -0.936. The van der Waals surface area contributed by atoms with Gasteiger partial charge in [-0.25, -0.2) is 9.18 Å². The van der Waals surface area contributed by atoms with Gasteiger partial charge in [0.05, 0.1) is 0 Å². The molecule has 0 amide bonds. The second-order valence-corrected chi connectivity index (χ2v) is 3.71. The van der Waals surface area contributed by atoms with Crippen LogP contribution in [0.1, 0.15) is 13.8 Å². The highest BCUT2D eigenvalue weighted by Gasteiger charge is 2.20. The lowest BCUT2D eigenvalue weighted by molar-refractivity contribution is -0.138. The first-order chi connectivity index (χ1) is 7.00. The minimum Gasteiger partial charge on any atom is -0.480 e. The van der Waals surface area contributed by atoms with Crippen LogP contribution < -0.4 is 5.32 Å². The third kappa shape index (κ3) is 3.23. The molecule has 4 heteroatoms. The zero-order valence-corrected chi connectivity index (χ0v) is 8.70. The maximum atomic E-state index is 12.8. The number of rotatable bonds is 4. The van der Waals surface area contributed by atoms with E-state index in [-0.39, 0.29) is 11.7 Å². The van der Waals surface area contributed by atoms with E-state index in [0.717, 1.165) is 0 Å². The van der Waals surface area contributed by atoms with Crippen molar-refractivity contribution in [1.82, 2.24) is 0 Å². The van der Waals surface area contributed by atoms with E-state index < -0.39 is 12.0 Å². The fourth-order valence-corrected chi connectivity index (χ4v) is 1.27. The van der Waals surface area contributed by atoms with Gasteiger partial charge in [0.25, 0.3) is 0 Å². The van der Waals surface area contributed by atoms with Gasteiger partial charge in [0, 0.05) is 5.69 Å². The van der Waals surface area contributed by atoms with Crippen LogP contribution in [0.5, 0.6) is 0 Å². The highest BCUT2D eigenvalue weighted by Crippen LogP contribution is 2.14. The highest BCUT2D eigenvalue weighted by molar-refractivity contribution is 5.77. The lowest BCUT2D eigenvalue weighted by Crippen LogP contribution is -2.34. The van der Waals surface area contributed by atoms with E-state index in [2.05, 4.69) is 5.32 Å². The number of carboxylic acids is 1. The SMILES string of the molecule is CC(C)[C@H](Nc1cccc(F)c1)C(=O)O. The van der Waals surface area contributed by atoms with Crippen molar-refractivity contribution in [2.24, 2.45) is 5.92 Å². The Balaban J connectivity index is 2.79. The molecule has 2 N–H and O–H groups in total. The lowest BCUT2D eigenvalue weighted by atomic mass is 10.0. The predicted molar refractivity (Wildman–Crippen MR) is 56.3 cm³/mol. The van der Waals surface area contributed by atoms with Crippen LogP contribution in [0.25, 0.3) is 0 Å². The molecule has 0 unspecified atom stereocenters. The maximum absolute atomic E-state index is 12.8. The number of carboxylic acid groups (broad SMARTS) is 1. The summed E-state index contributed by atoms with van der Waals surface area (Å²) >= 11 is 0. The molecule has 1 aromatic rings. The van der Waals surface area contributed by atoms with Gasteiger partial charge in [-0.3, -0.25) is 0 Å². The average molecular weight is 211 g/mol. The van der Waals surface area contributed by atoms with Crippen molar-refractivity contribution < 1.29 is 14.3 Å². The molecule has 0 aliphatic rings. The summed E-state index contributed by atoms with van der Waals surface area (Å²) in [4.78, 5) is 10.9. The summed E-state index contributed by atoms with van der Waals surface area (Å²) in [6.07, 6.45) is 0. The van der Waals surface area contributed by atoms with Gasteiger partial charge in [0.15, 0.2) is 0 Å². The smallest absolute Gasteiger partial charge is 0.326 e. The number of hydrogen-bond acceptors (Lipinski definition) is 2. The molecule has 0 aliphatic carbocycles. The van der Waals surface area contributed by atoms with Crippen LogP contribution in [0.3, 0.4) is 0 Å². The zero-order valence-electron chi connectivity index (χ0n) is 8.70. The standard InChI is InChI=1S/C11H14FNO2/c1-7(2)10(11(14)15)13-9-5-3-4-8(12)6-9/h3-7,10,13H,1-2H3,(H,14,15)/t10-/m0/s1. The van der Waals surface area contributed by atoms with Crippen molar-refractivity contribution in [3.05, 3.63) is 30.1 Å². The van der Waals surface area contributed by atoms with E-state index >= 15 is 0 Å². The van der Waals surface area contributed by atoms with Gasteiger partial charge < -0.3 is 10.4 Å². The van der Waals surface area contributed by atoms with Gasteiger partial charge in [-0.1, -0.05) is 19.9 Å². The van der Waals surface area contributed by atoms with Crippen LogP contribution in [-0.4, -0.2) is 17.1 Å². The Morgan fingerprint density at radius 3 is 2.60 bits per heavy atom. The summed E-state index contributed by atoms with van der Waals surface area (Å²) in [5.74, 6) is -1.38. The zero-order chi connectivity index (χ0) is 11.4. The second-order valence-electron chi connectivity index (χ2n) is 3.71. The first-order valence-corrected chi connectivity index (χ1v) is 4.75. The fourth-order valence-electron chi connectivity index (χ4n) is 1.27. The van der Waals surface area contributed by atoms with Crippen molar-refractivity contribution in [1.29, 1.82) is 0 Å². The van der Waals surface area contributed by atoms with Gasteiger partial charge in [-0.2, -0.15) is 0 Å². The van der Waals surface area contributed by atoms with E-state index in [4.69, 9.17) is 5.11 Å². The topological polar surface area (TPSA) is 49.3 Å². The largest absolute Gasteiger partial charge is 0.480 e. The molecular weight excluding hydrogens is 197 g/mol. The number of nitrogens with one attached hydrogen (secondary N) is 1. The number of hydrogen-bond donors (Lipinski definition) is 2. The summed E-state index contributed by atoms with van der Waals surface area (Å²) in [6, 6.07) is 5.07. The maximum Gasteiger partial charge on any atom is 0.326 e. The molecule has 1 rings (SSSR count). The van der Waals surface area contributed by atoms with Crippen LogP contribution in [0, 0.1) is 11.7 Å². The molecule has 82 valence electrons. The molecule has 3 nitrogen and oxygen atoms in total. The summed E-state index contributed by atoms with van der Waals surface area (Å²) < 4.78 is 12.8. The molecule has 15 heavy (non-hydrogen) atoms. The summed E-state index contributed by atoms with van der Waals surface area (Å²) in [5.41, 5.74) is 0.483. The molecule has 1 atom stereocenters. The Labute approximate surface area is 87.9 Å². The molecule has 0 bridgehead atoms. The Kier molecular flexibility index (Phi) is 3.66. The molecule has 0 saturated heterocycles. The normalized spacial score (nSPS) is 12.5. The van der Waals surface area contributed by atoms with E-state index in [0.29, 0.717) is 5.69 Å². The fraction of sp³-hybridized carbons (Fsp3) is 0.364. The number of aliphatic carboxylic acids is 1. The van der Waals surface area contributed by atoms with Gasteiger partial charge in [0.1, 0.15) is 11.9 Å². The summed E-state index contributed by atoms with van der Waals surface area (Å²) in [5, 5.41) is 11.7. The summed E-state index contributed by atoms with van der Waals surface area (Å²) in [7, 11) is 0. The van der Waals surface area contributed by atoms with Crippen LogP contribution in [0.2, 0.25) is 0 Å². The molecule has 0 heterocycles. The van der Waals surface area contributed by atoms with Gasteiger partial charge in [-0.15, -0.1) is 0 Å². The van der Waals surface area contributed by atoms with E-state index in [9.17, 15) is 9.18 Å². The first-order valence-electron chi connectivity index (χ1n) is 4.75. The third-order valence-corrected chi connectivity index (χ3v) is 2.08. The van der Waals surface area contributed by atoms with E-state index in [1.807, 2.05) is 0 Å².